The molecule has 0 saturated carbocycles. The Morgan fingerprint density at radius 1 is 0.286 bits per heavy atom. The summed E-state index contributed by atoms with van der Waals surface area (Å²) in [6, 6.07) is 0. The maximum atomic E-state index is 8.52. The van der Waals surface area contributed by atoms with Gasteiger partial charge in [0.25, 0.3) is 0 Å². The molecule has 1 radical (unpaired) electrons. The van der Waals surface area contributed by atoms with E-state index in [1.54, 1.807) is 0 Å². The van der Waals surface area contributed by atoms with Crippen molar-refractivity contribution < 1.29 is 143 Å². The summed E-state index contributed by atoms with van der Waals surface area (Å²) in [5, 5.41) is 0. The third-order valence-electron chi connectivity index (χ3n) is 0. The summed E-state index contributed by atoms with van der Waals surface area (Å²) in [7, 11) is -25.8. The molecule has 165 valence electrons. The van der Waals surface area contributed by atoms with E-state index in [-0.39, 0.29) is 55.7 Å². The van der Waals surface area contributed by atoms with Gasteiger partial charge in [-0.25, -0.2) is 0 Å². The van der Waals surface area contributed by atoms with Crippen LogP contribution in [0.15, 0.2) is 0 Å². The standard InChI is InChI=1S/5H2O4S.3V/c5*1-5(2,3)4;;;/h5*(H2,1,2,3,4);;;/q;;;;;;2*+5/p-10. The van der Waals surface area contributed by atoms with Crippen molar-refractivity contribution in [2.24, 2.45) is 0 Å². The third-order valence-corrected chi connectivity index (χ3v) is 0. The molecule has 0 aliphatic rings. The monoisotopic (exact) mass is 633 g/mol. The molecule has 0 aromatic heterocycles. The van der Waals surface area contributed by atoms with Gasteiger partial charge < -0.3 is 45.5 Å². The minimum absolute atomic E-state index is 0. The number of hydrogen-bond donors (Lipinski definition) is 0. The van der Waals surface area contributed by atoms with Gasteiger partial charge in [0.15, 0.2) is 0 Å². The molecule has 0 fully saturated rings. The molecule has 0 saturated heterocycles. The minimum Gasteiger partial charge on any atom is -0.759 e. The smallest absolute Gasteiger partial charge is 0.759 e. The maximum absolute atomic E-state index is 8.52. The fraction of sp³-hybridized carbons (Fsp3) is 0. The first-order valence-corrected chi connectivity index (χ1v) is 10.0. The molecule has 0 bridgehead atoms. The normalized spacial score (nSPS) is 10.4. The second kappa shape index (κ2) is 21.3. The van der Waals surface area contributed by atoms with Crippen LogP contribution in [0, 0.1) is 0 Å². The Morgan fingerprint density at radius 2 is 0.286 bits per heavy atom. The average Bonchev–Trinajstić information content (AvgIpc) is 1.79. The Labute approximate surface area is 194 Å². The molecule has 0 aromatic rings. The van der Waals surface area contributed by atoms with E-state index in [0.717, 1.165) is 0 Å². The zero-order chi connectivity index (χ0) is 22.5. The van der Waals surface area contributed by atoms with Crippen LogP contribution in [0.4, 0.5) is 0 Å². The van der Waals surface area contributed by atoms with Gasteiger partial charge in [-0.2, -0.15) is 0 Å². The van der Waals surface area contributed by atoms with Crippen LogP contribution >= 0.6 is 0 Å². The van der Waals surface area contributed by atoms with E-state index in [9.17, 15) is 0 Å². The van der Waals surface area contributed by atoms with Crippen molar-refractivity contribution in [3.05, 3.63) is 0 Å². The first-order chi connectivity index (χ1) is 10.0. The van der Waals surface area contributed by atoms with Crippen molar-refractivity contribution in [1.82, 2.24) is 0 Å². The molecule has 0 amide bonds. The second-order valence-electron chi connectivity index (χ2n) is 2.04. The van der Waals surface area contributed by atoms with Crippen molar-refractivity contribution in [3.63, 3.8) is 0 Å². The molecule has 0 spiro atoms. The number of hydrogen-bond acceptors (Lipinski definition) is 20. The fourth-order valence-electron chi connectivity index (χ4n) is 0. The van der Waals surface area contributed by atoms with Crippen LogP contribution in [0.2, 0.25) is 0 Å². The molecular weight excluding hydrogens is 633 g/mol. The van der Waals surface area contributed by atoms with Gasteiger partial charge in [0.1, 0.15) is 0 Å². The second-order valence-corrected chi connectivity index (χ2v) is 6.12. The fourth-order valence-corrected chi connectivity index (χ4v) is 0. The summed E-state index contributed by atoms with van der Waals surface area (Å²) in [6.07, 6.45) is 0. The molecular formula is O20S5V3. The van der Waals surface area contributed by atoms with Gasteiger partial charge in [-0.1, -0.05) is 0 Å². The van der Waals surface area contributed by atoms with E-state index in [1.807, 2.05) is 0 Å². The molecule has 0 rings (SSSR count). The summed E-state index contributed by atoms with van der Waals surface area (Å²) in [6.45, 7) is 0. The zero-order valence-electron chi connectivity index (χ0n) is 11.5. The van der Waals surface area contributed by atoms with Crippen LogP contribution < -0.4 is 0 Å². The topological polar surface area (TPSA) is 401 Å². The van der Waals surface area contributed by atoms with Gasteiger partial charge in [-0.3, -0.25) is 42.1 Å². The molecule has 0 unspecified atom stereocenters. The van der Waals surface area contributed by atoms with Crippen molar-refractivity contribution >= 4 is 52.0 Å². The molecule has 20 nitrogen and oxygen atoms in total. The summed E-state index contributed by atoms with van der Waals surface area (Å²) >= 11 is 0. The molecule has 0 aromatic carbocycles. The Hall–Kier alpha value is 1.10. The van der Waals surface area contributed by atoms with Crippen molar-refractivity contribution in [1.29, 1.82) is 0 Å². The van der Waals surface area contributed by atoms with Crippen molar-refractivity contribution in [2.45, 2.75) is 0 Å². The first-order valence-electron chi connectivity index (χ1n) is 3.33. The van der Waals surface area contributed by atoms with Crippen LogP contribution in [-0.2, 0) is 108 Å². The van der Waals surface area contributed by atoms with Crippen molar-refractivity contribution in [3.8, 4) is 0 Å². The summed E-state index contributed by atoms with van der Waals surface area (Å²) in [5.41, 5.74) is 0. The van der Waals surface area contributed by atoms with Gasteiger partial charge in [-0.15, -0.1) is 0 Å². The largest absolute Gasteiger partial charge is 5.00 e. The molecule has 28 heteroatoms. The van der Waals surface area contributed by atoms with E-state index in [2.05, 4.69) is 0 Å². The van der Waals surface area contributed by atoms with E-state index in [1.165, 1.54) is 0 Å². The number of rotatable bonds is 0. The van der Waals surface area contributed by atoms with Crippen molar-refractivity contribution in [2.75, 3.05) is 0 Å². The quantitative estimate of drug-likeness (QED) is 0.177. The molecule has 0 atom stereocenters. The molecule has 0 N–H and O–H groups in total. The van der Waals surface area contributed by atoms with E-state index < -0.39 is 52.0 Å². The SMILES string of the molecule is O=S(=O)([O-])[O-].O=S(=O)([O-])[O-].O=S(=O)([O-])[O-].O=S(=O)([O-])[O-].O=S(=O)([O-])[O-].[V+5].[V+5].[V]. The molecule has 0 heterocycles. The predicted octanol–water partition coefficient (Wildman–Crippen LogP) is -6.70. The van der Waals surface area contributed by atoms with E-state index in [0.29, 0.717) is 0 Å². The molecule has 0 aliphatic carbocycles. The van der Waals surface area contributed by atoms with Gasteiger partial charge in [0.05, 0.1) is 0 Å². The summed E-state index contributed by atoms with van der Waals surface area (Å²) in [4.78, 5) is 0. The van der Waals surface area contributed by atoms with Crippen LogP contribution in [0.25, 0.3) is 0 Å². The minimum atomic E-state index is -5.17. The first kappa shape index (κ1) is 51.6. The molecule has 0 aliphatic heterocycles. The Balaban J connectivity index is -0.0000000290. The van der Waals surface area contributed by atoms with Crippen LogP contribution in [0.5, 0.6) is 0 Å². The Bertz CT molecular complexity index is 622. The van der Waals surface area contributed by atoms with Crippen LogP contribution in [-0.4, -0.2) is 87.6 Å². The van der Waals surface area contributed by atoms with Crippen LogP contribution in [0.3, 0.4) is 0 Å². The zero-order valence-corrected chi connectivity index (χ0v) is 19.8. The van der Waals surface area contributed by atoms with Crippen LogP contribution in [0.1, 0.15) is 0 Å². The summed E-state index contributed by atoms with van der Waals surface area (Å²) in [5.74, 6) is 0. The Kier molecular flexibility index (Phi) is 39.3. The van der Waals surface area contributed by atoms with Gasteiger partial charge in [0.2, 0.25) is 0 Å². The van der Waals surface area contributed by atoms with Gasteiger partial charge in [-0.05, 0) is 0 Å². The predicted molar refractivity (Wildman–Crippen MR) is 52.4 cm³/mol. The Morgan fingerprint density at radius 3 is 0.286 bits per heavy atom. The third kappa shape index (κ3) is 15200. The van der Waals surface area contributed by atoms with E-state index in [4.69, 9.17) is 87.6 Å². The van der Waals surface area contributed by atoms with Gasteiger partial charge in [0, 0.05) is 70.6 Å². The maximum Gasteiger partial charge on any atom is 5.00 e. The van der Waals surface area contributed by atoms with E-state index >= 15 is 0 Å². The molecule has 28 heavy (non-hydrogen) atoms. The summed E-state index contributed by atoms with van der Waals surface area (Å²) < 4.78 is 170. The average molecular weight is 633 g/mol. The van der Waals surface area contributed by atoms with Gasteiger partial charge >= 0.3 is 37.1 Å².